The van der Waals surface area contributed by atoms with Gasteiger partial charge in [-0.25, -0.2) is 4.39 Å². The summed E-state index contributed by atoms with van der Waals surface area (Å²) in [5, 5.41) is 3.54. The standard InChI is InChI=1S/C19H31FN6/c1-21-19(22-14-16-15-23(2)8-9-24(16)3)26-12-10-25(11-13-26)18-7-5-4-6-17(18)20/h4-7,16H,8-15H2,1-3H3,(H,21,22). The normalized spacial score (nSPS) is 23.4. The summed E-state index contributed by atoms with van der Waals surface area (Å²) < 4.78 is 14.0. The molecule has 144 valence electrons. The van der Waals surface area contributed by atoms with Gasteiger partial charge in [0.1, 0.15) is 5.82 Å². The highest BCUT2D eigenvalue weighted by Crippen LogP contribution is 2.20. The van der Waals surface area contributed by atoms with Crippen molar-refractivity contribution in [3.05, 3.63) is 30.1 Å². The van der Waals surface area contributed by atoms with E-state index in [4.69, 9.17) is 0 Å². The van der Waals surface area contributed by atoms with E-state index in [2.05, 4.69) is 44.0 Å². The third kappa shape index (κ3) is 4.45. The summed E-state index contributed by atoms with van der Waals surface area (Å²) in [7, 11) is 6.20. The van der Waals surface area contributed by atoms with Crippen LogP contribution in [0.4, 0.5) is 10.1 Å². The molecule has 2 heterocycles. The van der Waals surface area contributed by atoms with E-state index >= 15 is 0 Å². The Morgan fingerprint density at radius 2 is 1.85 bits per heavy atom. The van der Waals surface area contributed by atoms with E-state index in [1.165, 1.54) is 6.07 Å². The van der Waals surface area contributed by atoms with Crippen LogP contribution in [0.2, 0.25) is 0 Å². The second kappa shape index (κ2) is 8.68. The number of nitrogens with zero attached hydrogens (tertiary/aromatic N) is 5. The molecule has 0 amide bonds. The molecular formula is C19H31FN6. The van der Waals surface area contributed by atoms with Crippen molar-refractivity contribution in [2.45, 2.75) is 6.04 Å². The lowest BCUT2D eigenvalue weighted by atomic mass is 10.2. The predicted molar refractivity (Wildman–Crippen MR) is 105 cm³/mol. The number of hydrogen-bond donors (Lipinski definition) is 1. The van der Waals surface area contributed by atoms with Gasteiger partial charge in [0, 0.05) is 65.4 Å². The maximum Gasteiger partial charge on any atom is 0.193 e. The molecule has 0 saturated carbocycles. The second-order valence-electron chi connectivity index (χ2n) is 7.25. The first-order valence-corrected chi connectivity index (χ1v) is 9.42. The van der Waals surface area contributed by atoms with Crippen molar-refractivity contribution in [2.24, 2.45) is 4.99 Å². The van der Waals surface area contributed by atoms with Gasteiger partial charge in [-0.05, 0) is 26.2 Å². The molecule has 1 unspecified atom stereocenters. The van der Waals surface area contributed by atoms with Gasteiger partial charge in [0.15, 0.2) is 5.96 Å². The zero-order valence-corrected chi connectivity index (χ0v) is 16.2. The van der Waals surface area contributed by atoms with E-state index in [1.807, 2.05) is 19.2 Å². The van der Waals surface area contributed by atoms with E-state index in [0.717, 1.165) is 58.3 Å². The molecule has 2 saturated heterocycles. The molecule has 7 heteroatoms. The second-order valence-corrected chi connectivity index (χ2v) is 7.25. The Morgan fingerprint density at radius 1 is 1.12 bits per heavy atom. The van der Waals surface area contributed by atoms with Crippen LogP contribution in [0.3, 0.4) is 0 Å². The van der Waals surface area contributed by atoms with Crippen LogP contribution in [0.25, 0.3) is 0 Å². The zero-order chi connectivity index (χ0) is 18.5. The summed E-state index contributed by atoms with van der Waals surface area (Å²) in [6, 6.07) is 7.50. The Hall–Kier alpha value is -1.86. The third-order valence-electron chi connectivity index (χ3n) is 5.46. The van der Waals surface area contributed by atoms with E-state index in [9.17, 15) is 4.39 Å². The molecule has 1 aromatic carbocycles. The fraction of sp³-hybridized carbons (Fsp3) is 0.632. The smallest absolute Gasteiger partial charge is 0.193 e. The topological polar surface area (TPSA) is 37.4 Å². The van der Waals surface area contributed by atoms with E-state index in [1.54, 1.807) is 6.07 Å². The number of anilines is 1. The maximum atomic E-state index is 14.0. The minimum Gasteiger partial charge on any atom is -0.366 e. The highest BCUT2D eigenvalue weighted by molar-refractivity contribution is 5.80. The first-order chi connectivity index (χ1) is 12.6. The molecule has 6 nitrogen and oxygen atoms in total. The molecule has 0 aromatic heterocycles. The number of likely N-dealkylation sites (N-methyl/N-ethyl adjacent to an activating group) is 2. The van der Waals surface area contributed by atoms with Crippen LogP contribution < -0.4 is 10.2 Å². The SMILES string of the molecule is CN=C(NCC1CN(C)CCN1C)N1CCN(c2ccccc2F)CC1. The van der Waals surface area contributed by atoms with Crippen LogP contribution in [0, 0.1) is 5.82 Å². The van der Waals surface area contributed by atoms with Gasteiger partial charge in [0.05, 0.1) is 5.69 Å². The van der Waals surface area contributed by atoms with Crippen LogP contribution in [0.15, 0.2) is 29.3 Å². The van der Waals surface area contributed by atoms with Crippen molar-refractivity contribution >= 4 is 11.6 Å². The summed E-state index contributed by atoms with van der Waals surface area (Å²) in [5.74, 6) is 0.799. The molecule has 2 aliphatic heterocycles. The van der Waals surface area contributed by atoms with Gasteiger partial charge < -0.3 is 20.0 Å². The van der Waals surface area contributed by atoms with Gasteiger partial charge in [0.2, 0.25) is 0 Å². The highest BCUT2D eigenvalue weighted by atomic mass is 19.1. The molecule has 1 N–H and O–H groups in total. The Kier molecular flexibility index (Phi) is 6.32. The number of para-hydroxylation sites is 1. The largest absolute Gasteiger partial charge is 0.366 e. The summed E-state index contributed by atoms with van der Waals surface area (Å²) in [4.78, 5) is 13.6. The Bertz CT molecular complexity index is 614. The van der Waals surface area contributed by atoms with Gasteiger partial charge in [-0.2, -0.15) is 0 Å². The average Bonchev–Trinajstić information content (AvgIpc) is 2.66. The third-order valence-corrected chi connectivity index (χ3v) is 5.46. The van der Waals surface area contributed by atoms with Crippen LogP contribution >= 0.6 is 0 Å². The Labute approximate surface area is 156 Å². The van der Waals surface area contributed by atoms with Crippen LogP contribution in [0.1, 0.15) is 0 Å². The fourth-order valence-electron chi connectivity index (χ4n) is 3.73. The monoisotopic (exact) mass is 362 g/mol. The molecule has 0 aliphatic carbocycles. The fourth-order valence-corrected chi connectivity index (χ4v) is 3.73. The summed E-state index contributed by atoms with van der Waals surface area (Å²) in [6.45, 7) is 7.47. The van der Waals surface area contributed by atoms with Crippen molar-refractivity contribution < 1.29 is 4.39 Å². The zero-order valence-electron chi connectivity index (χ0n) is 16.2. The van der Waals surface area contributed by atoms with Gasteiger partial charge in [-0.3, -0.25) is 9.89 Å². The molecule has 1 aromatic rings. The summed E-state index contributed by atoms with van der Waals surface area (Å²) >= 11 is 0. The van der Waals surface area contributed by atoms with Crippen molar-refractivity contribution in [3.8, 4) is 0 Å². The van der Waals surface area contributed by atoms with E-state index < -0.39 is 0 Å². The number of hydrogen-bond acceptors (Lipinski definition) is 4. The maximum absolute atomic E-state index is 14.0. The number of piperazine rings is 2. The van der Waals surface area contributed by atoms with Gasteiger partial charge >= 0.3 is 0 Å². The molecule has 1 atom stereocenters. The van der Waals surface area contributed by atoms with Gasteiger partial charge in [0.25, 0.3) is 0 Å². The molecule has 26 heavy (non-hydrogen) atoms. The minimum atomic E-state index is -0.145. The summed E-state index contributed by atoms with van der Waals surface area (Å²) in [6.07, 6.45) is 0. The number of halogens is 1. The highest BCUT2D eigenvalue weighted by Gasteiger charge is 2.25. The predicted octanol–water partition coefficient (Wildman–Crippen LogP) is 0.769. The minimum absolute atomic E-state index is 0.145. The lowest BCUT2D eigenvalue weighted by Gasteiger charge is -2.40. The van der Waals surface area contributed by atoms with Gasteiger partial charge in [-0.15, -0.1) is 0 Å². The first kappa shape index (κ1) is 18.9. The molecule has 0 spiro atoms. The molecule has 2 aliphatic rings. The first-order valence-electron chi connectivity index (χ1n) is 9.42. The lowest BCUT2D eigenvalue weighted by molar-refractivity contribution is 0.116. The average molecular weight is 362 g/mol. The van der Waals surface area contributed by atoms with Crippen molar-refractivity contribution in [1.82, 2.24) is 20.0 Å². The number of guanidine groups is 1. The molecular weight excluding hydrogens is 331 g/mol. The molecule has 3 rings (SSSR count). The number of benzene rings is 1. The van der Waals surface area contributed by atoms with Crippen LogP contribution in [0.5, 0.6) is 0 Å². The molecule has 2 fully saturated rings. The molecule has 0 bridgehead atoms. The van der Waals surface area contributed by atoms with E-state index in [0.29, 0.717) is 11.7 Å². The number of nitrogens with one attached hydrogen (secondary N) is 1. The van der Waals surface area contributed by atoms with E-state index in [-0.39, 0.29) is 5.82 Å². The number of rotatable bonds is 3. The van der Waals surface area contributed by atoms with Crippen LogP contribution in [-0.2, 0) is 0 Å². The van der Waals surface area contributed by atoms with Crippen LogP contribution in [-0.4, -0.2) is 100 Å². The number of aliphatic imine (C=N–C) groups is 1. The van der Waals surface area contributed by atoms with Gasteiger partial charge in [-0.1, -0.05) is 12.1 Å². The van der Waals surface area contributed by atoms with Crippen molar-refractivity contribution in [2.75, 3.05) is 78.4 Å². The van der Waals surface area contributed by atoms with Crippen molar-refractivity contribution in [1.29, 1.82) is 0 Å². The molecule has 0 radical (unpaired) electrons. The lowest BCUT2D eigenvalue weighted by Crippen LogP contribution is -2.57. The Balaban J connectivity index is 1.52. The van der Waals surface area contributed by atoms with Crippen molar-refractivity contribution in [3.63, 3.8) is 0 Å². The Morgan fingerprint density at radius 3 is 2.54 bits per heavy atom. The summed E-state index contributed by atoms with van der Waals surface area (Å²) in [5.41, 5.74) is 0.696. The quantitative estimate of drug-likeness (QED) is 0.635.